The molecule has 0 amide bonds. The topological polar surface area (TPSA) is 42.1 Å². The first-order chi connectivity index (χ1) is 9.60. The van der Waals surface area contributed by atoms with Crippen LogP contribution in [-0.2, 0) is 6.54 Å². The lowest BCUT2D eigenvalue weighted by Crippen LogP contribution is -2.25. The minimum Gasteiger partial charge on any atom is -0.399 e. The molecule has 0 saturated carbocycles. The molecule has 3 nitrogen and oxygen atoms in total. The molecule has 0 aliphatic heterocycles. The minimum absolute atomic E-state index is 0.322. The summed E-state index contributed by atoms with van der Waals surface area (Å²) in [6, 6.07) is 9.06. The van der Waals surface area contributed by atoms with Crippen LogP contribution in [0.5, 0.6) is 0 Å². The molecule has 0 fully saturated rings. The monoisotopic (exact) mass is 337 g/mol. The van der Waals surface area contributed by atoms with Gasteiger partial charge in [0, 0.05) is 29.4 Å². The molecule has 2 aromatic rings. The summed E-state index contributed by atoms with van der Waals surface area (Å²) in [5, 5.41) is 0. The lowest BCUT2D eigenvalue weighted by atomic mass is 10.2. The second-order valence-electron chi connectivity index (χ2n) is 4.63. The molecule has 2 N–H and O–H groups in total. The molecular formula is C15H17BrFN3. The van der Waals surface area contributed by atoms with Gasteiger partial charge < -0.3 is 10.6 Å². The van der Waals surface area contributed by atoms with Gasteiger partial charge in [-0.25, -0.2) is 9.37 Å². The Bertz CT molecular complexity index is 589. The fourth-order valence-corrected chi connectivity index (χ4v) is 2.39. The minimum atomic E-state index is -0.322. The van der Waals surface area contributed by atoms with Gasteiger partial charge in [-0.05, 0) is 46.1 Å². The Balaban J connectivity index is 2.26. The van der Waals surface area contributed by atoms with Crippen molar-refractivity contribution in [3.05, 3.63) is 52.4 Å². The zero-order chi connectivity index (χ0) is 14.5. The molecule has 5 heteroatoms. The number of rotatable bonds is 5. The lowest BCUT2D eigenvalue weighted by Gasteiger charge is -2.24. The smallest absolute Gasteiger partial charge is 0.166 e. The number of nitrogen functional groups attached to an aromatic ring is 1. The Morgan fingerprint density at radius 1 is 1.35 bits per heavy atom. The molecule has 0 radical (unpaired) electrons. The standard InChI is InChI=1S/C15H17BrFN3/c1-2-6-20(10-11-4-3-5-13(18)7-11)15-14(17)8-12(16)9-19-15/h3-5,7-9H,2,6,10,18H2,1H3. The summed E-state index contributed by atoms with van der Waals surface area (Å²) in [6.07, 6.45) is 2.53. The summed E-state index contributed by atoms with van der Waals surface area (Å²) in [5.41, 5.74) is 7.54. The fourth-order valence-electron chi connectivity index (χ4n) is 2.08. The number of hydrogen-bond acceptors (Lipinski definition) is 3. The Labute approximate surface area is 126 Å². The Morgan fingerprint density at radius 3 is 2.80 bits per heavy atom. The molecule has 0 saturated heterocycles. The van der Waals surface area contributed by atoms with Crippen LogP contribution in [0.15, 0.2) is 41.0 Å². The van der Waals surface area contributed by atoms with Gasteiger partial charge in [0.15, 0.2) is 11.6 Å². The first-order valence-corrected chi connectivity index (χ1v) is 7.30. The first kappa shape index (κ1) is 14.8. The second kappa shape index (κ2) is 6.70. The number of nitrogens with two attached hydrogens (primary N) is 1. The Morgan fingerprint density at radius 2 is 2.15 bits per heavy atom. The molecular weight excluding hydrogens is 321 g/mol. The maximum absolute atomic E-state index is 14.0. The Hall–Kier alpha value is -1.62. The molecule has 0 atom stereocenters. The predicted molar refractivity (Wildman–Crippen MR) is 84.1 cm³/mol. The van der Waals surface area contributed by atoms with Gasteiger partial charge in [0.2, 0.25) is 0 Å². The van der Waals surface area contributed by atoms with E-state index in [4.69, 9.17) is 5.73 Å². The molecule has 20 heavy (non-hydrogen) atoms. The van der Waals surface area contributed by atoms with Crippen molar-refractivity contribution >= 4 is 27.4 Å². The predicted octanol–water partition coefficient (Wildman–Crippen LogP) is 3.98. The number of benzene rings is 1. The molecule has 0 aliphatic carbocycles. The van der Waals surface area contributed by atoms with Gasteiger partial charge in [0.05, 0.1) is 0 Å². The zero-order valence-corrected chi connectivity index (χ0v) is 12.9. The average Bonchev–Trinajstić information content (AvgIpc) is 2.38. The lowest BCUT2D eigenvalue weighted by molar-refractivity contribution is 0.604. The largest absolute Gasteiger partial charge is 0.399 e. The molecule has 2 rings (SSSR count). The SMILES string of the molecule is CCCN(Cc1cccc(N)c1)c1ncc(Br)cc1F. The number of halogens is 2. The van der Waals surface area contributed by atoms with Crippen molar-refractivity contribution in [1.82, 2.24) is 4.98 Å². The van der Waals surface area contributed by atoms with Gasteiger partial charge in [-0.1, -0.05) is 19.1 Å². The van der Waals surface area contributed by atoms with Crippen LogP contribution < -0.4 is 10.6 Å². The quantitative estimate of drug-likeness (QED) is 0.839. The summed E-state index contributed by atoms with van der Waals surface area (Å²) in [5.74, 6) is 0.0502. The number of hydrogen-bond donors (Lipinski definition) is 1. The van der Waals surface area contributed by atoms with Crippen molar-refractivity contribution in [1.29, 1.82) is 0 Å². The van der Waals surface area contributed by atoms with Gasteiger partial charge in [-0.2, -0.15) is 0 Å². The zero-order valence-electron chi connectivity index (χ0n) is 11.3. The maximum atomic E-state index is 14.0. The van der Waals surface area contributed by atoms with E-state index in [1.165, 1.54) is 6.07 Å². The number of pyridine rings is 1. The number of nitrogens with zero attached hydrogens (tertiary/aromatic N) is 2. The summed E-state index contributed by atoms with van der Waals surface area (Å²) >= 11 is 3.22. The van der Waals surface area contributed by atoms with E-state index in [1.807, 2.05) is 29.2 Å². The molecule has 1 aromatic carbocycles. The highest BCUT2D eigenvalue weighted by Gasteiger charge is 2.13. The van der Waals surface area contributed by atoms with Crippen LogP contribution in [0, 0.1) is 5.82 Å². The van der Waals surface area contributed by atoms with Crippen LogP contribution in [0.4, 0.5) is 15.9 Å². The molecule has 0 unspecified atom stereocenters. The van der Waals surface area contributed by atoms with E-state index < -0.39 is 0 Å². The van der Waals surface area contributed by atoms with E-state index in [0.717, 1.165) is 18.5 Å². The van der Waals surface area contributed by atoms with Gasteiger partial charge in [-0.3, -0.25) is 0 Å². The van der Waals surface area contributed by atoms with Gasteiger partial charge >= 0.3 is 0 Å². The molecule has 0 aliphatic rings. The summed E-state index contributed by atoms with van der Waals surface area (Å²) < 4.78 is 14.7. The van der Waals surface area contributed by atoms with Gasteiger partial charge in [0.1, 0.15) is 0 Å². The van der Waals surface area contributed by atoms with E-state index in [1.54, 1.807) is 6.20 Å². The summed E-state index contributed by atoms with van der Waals surface area (Å²) in [4.78, 5) is 6.12. The second-order valence-corrected chi connectivity index (χ2v) is 5.54. The number of anilines is 2. The molecule has 106 valence electrons. The van der Waals surface area contributed by atoms with Gasteiger partial charge in [0.25, 0.3) is 0 Å². The van der Waals surface area contributed by atoms with Crippen LogP contribution in [0.2, 0.25) is 0 Å². The highest BCUT2D eigenvalue weighted by Crippen LogP contribution is 2.22. The third-order valence-electron chi connectivity index (χ3n) is 2.91. The van der Waals surface area contributed by atoms with Crippen molar-refractivity contribution in [2.75, 3.05) is 17.2 Å². The van der Waals surface area contributed by atoms with E-state index >= 15 is 0 Å². The normalized spacial score (nSPS) is 10.6. The highest BCUT2D eigenvalue weighted by atomic mass is 79.9. The van der Waals surface area contributed by atoms with Crippen LogP contribution in [-0.4, -0.2) is 11.5 Å². The summed E-state index contributed by atoms with van der Waals surface area (Å²) in [7, 11) is 0. The Kier molecular flexibility index (Phi) is 4.95. The molecule has 1 aromatic heterocycles. The van der Waals surface area contributed by atoms with E-state index in [-0.39, 0.29) is 5.82 Å². The fraction of sp³-hybridized carbons (Fsp3) is 0.267. The van der Waals surface area contributed by atoms with E-state index in [2.05, 4.69) is 27.8 Å². The molecule has 1 heterocycles. The van der Waals surface area contributed by atoms with Crippen LogP contribution in [0.3, 0.4) is 0 Å². The van der Waals surface area contributed by atoms with Crippen LogP contribution in [0.1, 0.15) is 18.9 Å². The summed E-state index contributed by atoms with van der Waals surface area (Å²) in [6.45, 7) is 3.38. The van der Waals surface area contributed by atoms with Crippen molar-refractivity contribution in [3.63, 3.8) is 0 Å². The number of aromatic nitrogens is 1. The van der Waals surface area contributed by atoms with Crippen molar-refractivity contribution in [2.45, 2.75) is 19.9 Å². The van der Waals surface area contributed by atoms with E-state index in [0.29, 0.717) is 22.5 Å². The van der Waals surface area contributed by atoms with Crippen molar-refractivity contribution in [2.24, 2.45) is 0 Å². The molecule has 0 spiro atoms. The van der Waals surface area contributed by atoms with E-state index in [9.17, 15) is 4.39 Å². The van der Waals surface area contributed by atoms with Crippen LogP contribution in [0.25, 0.3) is 0 Å². The van der Waals surface area contributed by atoms with Crippen molar-refractivity contribution in [3.8, 4) is 0 Å². The average molecular weight is 338 g/mol. The third kappa shape index (κ3) is 3.70. The first-order valence-electron chi connectivity index (χ1n) is 6.50. The van der Waals surface area contributed by atoms with Crippen molar-refractivity contribution < 1.29 is 4.39 Å². The highest BCUT2D eigenvalue weighted by molar-refractivity contribution is 9.10. The molecule has 0 bridgehead atoms. The maximum Gasteiger partial charge on any atom is 0.166 e. The van der Waals surface area contributed by atoms with Crippen LogP contribution >= 0.6 is 15.9 Å². The third-order valence-corrected chi connectivity index (χ3v) is 3.34. The van der Waals surface area contributed by atoms with Gasteiger partial charge in [-0.15, -0.1) is 0 Å².